The number of thiocarbonyl (C=S) groups is 1. The van der Waals surface area contributed by atoms with Gasteiger partial charge >= 0.3 is 6.09 Å². The summed E-state index contributed by atoms with van der Waals surface area (Å²) in [7, 11) is 0. The van der Waals surface area contributed by atoms with Crippen LogP contribution in [0.1, 0.15) is 44.9 Å². The van der Waals surface area contributed by atoms with Crippen molar-refractivity contribution < 1.29 is 14.3 Å². The van der Waals surface area contributed by atoms with Gasteiger partial charge in [0.15, 0.2) is 5.11 Å². The van der Waals surface area contributed by atoms with E-state index in [0.717, 1.165) is 89.8 Å². The number of morpholine rings is 1. The summed E-state index contributed by atoms with van der Waals surface area (Å²) in [5.41, 5.74) is -0.192. The molecule has 1 spiro atoms. The van der Waals surface area contributed by atoms with E-state index in [-0.39, 0.29) is 11.7 Å². The van der Waals surface area contributed by atoms with Gasteiger partial charge < -0.3 is 24.6 Å². The van der Waals surface area contributed by atoms with Crippen LogP contribution in [0.5, 0.6) is 0 Å². The van der Waals surface area contributed by atoms with Crippen LogP contribution in [0.15, 0.2) is 0 Å². The molecule has 0 atom stereocenters. The quantitative estimate of drug-likeness (QED) is 0.710. The first kappa shape index (κ1) is 20.2. The first-order valence-corrected chi connectivity index (χ1v) is 11.4. The lowest BCUT2D eigenvalue weighted by Crippen LogP contribution is -2.51. The fourth-order valence-electron chi connectivity index (χ4n) is 5.02. The summed E-state index contributed by atoms with van der Waals surface area (Å²) in [6.07, 6.45) is 7.55. The maximum atomic E-state index is 12.5. The third-order valence-corrected chi connectivity index (χ3v) is 7.16. The van der Waals surface area contributed by atoms with Crippen LogP contribution in [0, 0.1) is 0 Å². The Hall–Kier alpha value is -1.12. The molecule has 8 heteroatoms. The van der Waals surface area contributed by atoms with Crippen molar-refractivity contribution in [3.8, 4) is 0 Å². The lowest BCUT2D eigenvalue weighted by atomic mass is 9.84. The minimum Gasteiger partial charge on any atom is -0.441 e. The zero-order chi connectivity index (χ0) is 19.4. The third kappa shape index (κ3) is 4.71. The van der Waals surface area contributed by atoms with Crippen molar-refractivity contribution in [1.82, 2.24) is 20.0 Å². The molecule has 0 aromatic carbocycles. The normalized spacial score (nSPS) is 26.5. The van der Waals surface area contributed by atoms with E-state index in [0.29, 0.717) is 6.04 Å². The highest BCUT2D eigenvalue weighted by molar-refractivity contribution is 7.80. The van der Waals surface area contributed by atoms with E-state index in [1.807, 2.05) is 4.90 Å². The summed E-state index contributed by atoms with van der Waals surface area (Å²) in [6, 6.07) is 0.293. The van der Waals surface area contributed by atoms with E-state index in [2.05, 4.69) is 15.1 Å². The topological polar surface area (TPSA) is 57.3 Å². The minimum atomic E-state index is -0.192. The number of nitrogens with zero attached hydrogens (tertiary/aromatic N) is 3. The van der Waals surface area contributed by atoms with Gasteiger partial charge in [-0.2, -0.15) is 0 Å². The maximum absolute atomic E-state index is 12.5. The summed E-state index contributed by atoms with van der Waals surface area (Å²) in [6.45, 7) is 8.16. The number of hydrogen-bond donors (Lipinski definition) is 1. The Balaban J connectivity index is 1.19. The molecule has 3 saturated heterocycles. The minimum absolute atomic E-state index is 0.0911. The molecule has 0 aromatic heterocycles. The molecular formula is C20H34N4O3S. The van der Waals surface area contributed by atoms with Crippen molar-refractivity contribution in [1.29, 1.82) is 0 Å². The number of amides is 1. The second-order valence-corrected chi connectivity index (χ2v) is 9.03. The summed E-state index contributed by atoms with van der Waals surface area (Å²) in [4.78, 5) is 19.2. The Morgan fingerprint density at radius 3 is 2.54 bits per heavy atom. The highest BCUT2D eigenvalue weighted by atomic mass is 32.1. The Labute approximate surface area is 173 Å². The van der Waals surface area contributed by atoms with Crippen molar-refractivity contribution in [2.45, 2.75) is 56.6 Å². The molecule has 3 heterocycles. The highest BCUT2D eigenvalue weighted by Crippen LogP contribution is 2.38. The number of ether oxygens (including phenoxy) is 2. The first-order chi connectivity index (χ1) is 13.7. The summed E-state index contributed by atoms with van der Waals surface area (Å²) in [5.74, 6) is 0. The Morgan fingerprint density at radius 2 is 1.82 bits per heavy atom. The molecule has 1 aliphatic carbocycles. The van der Waals surface area contributed by atoms with Crippen LogP contribution in [-0.4, -0.2) is 96.6 Å². The van der Waals surface area contributed by atoms with E-state index >= 15 is 0 Å². The summed E-state index contributed by atoms with van der Waals surface area (Å²) in [5, 5.41) is 4.26. The van der Waals surface area contributed by atoms with Crippen molar-refractivity contribution >= 4 is 23.4 Å². The molecule has 7 nitrogen and oxygen atoms in total. The highest BCUT2D eigenvalue weighted by Gasteiger charge is 2.48. The molecule has 28 heavy (non-hydrogen) atoms. The summed E-state index contributed by atoms with van der Waals surface area (Å²) < 4.78 is 11.2. The van der Waals surface area contributed by atoms with E-state index in [1.54, 1.807) is 0 Å². The standard InChI is InChI=1S/C20H34N4O3S/c25-19-24(16-20(27-19)6-2-1-3-7-20)17-4-9-23(10-5-17)18(28)21-8-11-22-12-14-26-15-13-22/h17H,1-16H2,(H,21,28). The molecule has 0 unspecified atom stereocenters. The number of hydrogen-bond acceptors (Lipinski definition) is 5. The van der Waals surface area contributed by atoms with Crippen molar-refractivity contribution in [2.24, 2.45) is 0 Å². The van der Waals surface area contributed by atoms with Crippen molar-refractivity contribution in [2.75, 3.05) is 59.0 Å². The Bertz CT molecular complexity index is 556. The average molecular weight is 411 g/mol. The fraction of sp³-hybridized carbons (Fsp3) is 0.900. The van der Waals surface area contributed by atoms with Gasteiger partial charge in [0.05, 0.1) is 19.8 Å². The van der Waals surface area contributed by atoms with Crippen LogP contribution >= 0.6 is 12.2 Å². The second-order valence-electron chi connectivity index (χ2n) is 8.64. The molecule has 4 aliphatic rings. The van der Waals surface area contributed by atoms with E-state index in [1.165, 1.54) is 19.3 Å². The Morgan fingerprint density at radius 1 is 1.11 bits per heavy atom. The van der Waals surface area contributed by atoms with E-state index in [4.69, 9.17) is 21.7 Å². The molecule has 1 amide bonds. The SMILES string of the molecule is O=C1OC2(CCCCC2)CN1C1CCN(C(=S)NCCN2CCOCC2)CC1. The molecule has 4 rings (SSSR count). The number of rotatable bonds is 4. The number of carbonyl (C=O) groups is 1. The van der Waals surface area contributed by atoms with Crippen LogP contribution in [-0.2, 0) is 9.47 Å². The fourth-order valence-corrected chi connectivity index (χ4v) is 5.31. The Kier molecular flexibility index (Phi) is 6.58. The van der Waals surface area contributed by atoms with E-state index < -0.39 is 0 Å². The molecule has 1 saturated carbocycles. The zero-order valence-corrected chi connectivity index (χ0v) is 17.7. The van der Waals surface area contributed by atoms with Crippen LogP contribution in [0.4, 0.5) is 4.79 Å². The predicted molar refractivity (Wildman–Crippen MR) is 111 cm³/mol. The van der Waals surface area contributed by atoms with Gasteiger partial charge in [-0.25, -0.2) is 4.79 Å². The lowest BCUT2D eigenvalue weighted by molar-refractivity contribution is 0.0259. The average Bonchev–Trinajstić information content (AvgIpc) is 3.04. The van der Waals surface area contributed by atoms with Gasteiger partial charge in [0, 0.05) is 45.3 Å². The predicted octanol–water partition coefficient (Wildman–Crippen LogP) is 1.81. The molecule has 0 bridgehead atoms. The molecular weight excluding hydrogens is 376 g/mol. The molecule has 0 aromatic rings. The van der Waals surface area contributed by atoms with Crippen LogP contribution < -0.4 is 5.32 Å². The second kappa shape index (κ2) is 9.13. The van der Waals surface area contributed by atoms with E-state index in [9.17, 15) is 4.79 Å². The van der Waals surface area contributed by atoms with Gasteiger partial charge in [0.25, 0.3) is 0 Å². The van der Waals surface area contributed by atoms with Crippen molar-refractivity contribution in [3.05, 3.63) is 0 Å². The van der Waals surface area contributed by atoms with Crippen LogP contribution in [0.2, 0.25) is 0 Å². The number of piperidine rings is 1. The zero-order valence-electron chi connectivity index (χ0n) is 16.9. The summed E-state index contributed by atoms with van der Waals surface area (Å²) >= 11 is 5.60. The van der Waals surface area contributed by atoms with Crippen LogP contribution in [0.3, 0.4) is 0 Å². The first-order valence-electron chi connectivity index (χ1n) is 11.0. The maximum Gasteiger partial charge on any atom is 0.410 e. The molecule has 3 aliphatic heterocycles. The van der Waals surface area contributed by atoms with Gasteiger partial charge in [-0.15, -0.1) is 0 Å². The molecule has 4 fully saturated rings. The molecule has 158 valence electrons. The van der Waals surface area contributed by atoms with Gasteiger partial charge in [0.2, 0.25) is 0 Å². The van der Waals surface area contributed by atoms with Gasteiger partial charge in [0.1, 0.15) is 5.60 Å². The van der Waals surface area contributed by atoms with Gasteiger partial charge in [-0.05, 0) is 50.7 Å². The number of likely N-dealkylation sites (tertiary alicyclic amines) is 1. The molecule has 0 radical (unpaired) electrons. The lowest BCUT2D eigenvalue weighted by Gasteiger charge is -2.38. The largest absolute Gasteiger partial charge is 0.441 e. The van der Waals surface area contributed by atoms with Gasteiger partial charge in [-0.1, -0.05) is 6.42 Å². The monoisotopic (exact) mass is 410 g/mol. The number of nitrogens with one attached hydrogen (secondary N) is 1. The van der Waals surface area contributed by atoms with Gasteiger partial charge in [-0.3, -0.25) is 4.90 Å². The van der Waals surface area contributed by atoms with Crippen LogP contribution in [0.25, 0.3) is 0 Å². The smallest absolute Gasteiger partial charge is 0.410 e. The molecule has 1 N–H and O–H groups in total. The third-order valence-electron chi connectivity index (χ3n) is 6.76. The number of carbonyl (C=O) groups excluding carboxylic acids is 1. The van der Waals surface area contributed by atoms with Crippen molar-refractivity contribution in [3.63, 3.8) is 0 Å².